The minimum absolute atomic E-state index is 0.236. The first kappa shape index (κ1) is 11.0. The van der Waals surface area contributed by atoms with E-state index in [1.807, 2.05) is 13.8 Å². The summed E-state index contributed by atoms with van der Waals surface area (Å²) in [5, 5.41) is 0. The van der Waals surface area contributed by atoms with Gasteiger partial charge in [0.15, 0.2) is 0 Å². The molecule has 0 aliphatic rings. The summed E-state index contributed by atoms with van der Waals surface area (Å²) in [6.07, 6.45) is 0. The second kappa shape index (κ2) is 5.60. The van der Waals surface area contributed by atoms with Crippen LogP contribution < -0.4 is 4.74 Å². The molecule has 2 nitrogen and oxygen atoms in total. The maximum Gasteiger partial charge on any atom is 0.123 e. The van der Waals surface area contributed by atoms with Crippen molar-refractivity contribution in [3.8, 4) is 5.75 Å². The smallest absolute Gasteiger partial charge is 0.123 e. The van der Waals surface area contributed by atoms with Gasteiger partial charge in [0.25, 0.3) is 0 Å². The predicted molar refractivity (Wildman–Crippen MR) is 53.1 cm³/mol. The molecule has 0 aromatic heterocycles. The van der Waals surface area contributed by atoms with E-state index in [4.69, 9.17) is 9.47 Å². The molecule has 1 aromatic carbocycles. The standard InChI is InChI=1S/C11H15FO2/c1-3-13-6-7-14-11-5-4-10(12)8-9(11)2/h4-5,8H,3,6-7H2,1-2H3. The maximum absolute atomic E-state index is 12.7. The average molecular weight is 198 g/mol. The minimum Gasteiger partial charge on any atom is -0.491 e. The molecule has 0 spiro atoms. The molecule has 0 radical (unpaired) electrons. The summed E-state index contributed by atoms with van der Waals surface area (Å²) in [5.74, 6) is 0.478. The van der Waals surface area contributed by atoms with Gasteiger partial charge in [-0.25, -0.2) is 4.39 Å². The zero-order valence-corrected chi connectivity index (χ0v) is 8.55. The van der Waals surface area contributed by atoms with Crippen molar-refractivity contribution in [3.05, 3.63) is 29.6 Å². The summed E-state index contributed by atoms with van der Waals surface area (Å²) >= 11 is 0. The Morgan fingerprint density at radius 2 is 2.07 bits per heavy atom. The summed E-state index contributed by atoms with van der Waals surface area (Å²) in [6, 6.07) is 4.48. The van der Waals surface area contributed by atoms with Gasteiger partial charge >= 0.3 is 0 Å². The molecule has 0 heterocycles. The van der Waals surface area contributed by atoms with E-state index < -0.39 is 0 Å². The first-order valence-corrected chi connectivity index (χ1v) is 4.70. The van der Waals surface area contributed by atoms with Crippen molar-refractivity contribution in [2.24, 2.45) is 0 Å². The lowest BCUT2D eigenvalue weighted by atomic mass is 10.2. The molecule has 0 amide bonds. The molecule has 0 saturated carbocycles. The molecule has 0 aliphatic heterocycles. The number of rotatable bonds is 5. The fraction of sp³-hybridized carbons (Fsp3) is 0.455. The lowest BCUT2D eigenvalue weighted by Crippen LogP contribution is -2.07. The van der Waals surface area contributed by atoms with Crippen LogP contribution in [0.1, 0.15) is 12.5 Å². The van der Waals surface area contributed by atoms with E-state index >= 15 is 0 Å². The van der Waals surface area contributed by atoms with Gasteiger partial charge in [0.1, 0.15) is 18.2 Å². The Hall–Kier alpha value is -1.09. The first-order chi connectivity index (χ1) is 6.74. The lowest BCUT2D eigenvalue weighted by Gasteiger charge is -2.08. The van der Waals surface area contributed by atoms with Crippen molar-refractivity contribution in [2.75, 3.05) is 19.8 Å². The van der Waals surface area contributed by atoms with Crippen LogP contribution in [0.3, 0.4) is 0 Å². The third kappa shape index (κ3) is 3.34. The van der Waals surface area contributed by atoms with Crippen molar-refractivity contribution < 1.29 is 13.9 Å². The normalized spacial score (nSPS) is 10.2. The van der Waals surface area contributed by atoms with Gasteiger partial charge in [-0.2, -0.15) is 0 Å². The van der Waals surface area contributed by atoms with Crippen LogP contribution in [0.25, 0.3) is 0 Å². The first-order valence-electron chi connectivity index (χ1n) is 4.70. The summed E-state index contributed by atoms with van der Waals surface area (Å²) < 4.78 is 23.2. The number of ether oxygens (including phenoxy) is 2. The Morgan fingerprint density at radius 3 is 2.71 bits per heavy atom. The molecular formula is C11H15FO2. The summed E-state index contributed by atoms with van der Waals surface area (Å²) in [7, 11) is 0. The van der Waals surface area contributed by atoms with E-state index in [2.05, 4.69) is 0 Å². The van der Waals surface area contributed by atoms with Crippen LogP contribution in [0.15, 0.2) is 18.2 Å². The molecule has 0 atom stereocenters. The van der Waals surface area contributed by atoms with E-state index in [9.17, 15) is 4.39 Å². The van der Waals surface area contributed by atoms with E-state index in [0.717, 1.165) is 5.56 Å². The number of hydrogen-bond donors (Lipinski definition) is 0. The van der Waals surface area contributed by atoms with Crippen LogP contribution in [0.2, 0.25) is 0 Å². The third-order valence-electron chi connectivity index (χ3n) is 1.83. The van der Waals surface area contributed by atoms with Gasteiger partial charge in [-0.3, -0.25) is 0 Å². The number of halogens is 1. The lowest BCUT2D eigenvalue weighted by molar-refractivity contribution is 0.110. The Balaban J connectivity index is 2.42. The van der Waals surface area contributed by atoms with E-state index in [0.29, 0.717) is 25.6 Å². The van der Waals surface area contributed by atoms with Gasteiger partial charge in [-0.1, -0.05) is 0 Å². The number of hydrogen-bond acceptors (Lipinski definition) is 2. The van der Waals surface area contributed by atoms with Crippen LogP contribution in [0, 0.1) is 12.7 Å². The topological polar surface area (TPSA) is 18.5 Å². The number of benzene rings is 1. The fourth-order valence-electron chi connectivity index (χ4n) is 1.13. The molecule has 0 saturated heterocycles. The van der Waals surface area contributed by atoms with Crippen LogP contribution >= 0.6 is 0 Å². The molecule has 0 unspecified atom stereocenters. The quantitative estimate of drug-likeness (QED) is 0.677. The maximum atomic E-state index is 12.7. The average Bonchev–Trinajstić information content (AvgIpc) is 2.15. The SMILES string of the molecule is CCOCCOc1ccc(F)cc1C. The monoisotopic (exact) mass is 198 g/mol. The zero-order chi connectivity index (χ0) is 10.4. The highest BCUT2D eigenvalue weighted by molar-refractivity contribution is 5.32. The zero-order valence-electron chi connectivity index (χ0n) is 8.55. The summed E-state index contributed by atoms with van der Waals surface area (Å²) in [4.78, 5) is 0. The van der Waals surface area contributed by atoms with Gasteiger partial charge in [0.2, 0.25) is 0 Å². The molecular weight excluding hydrogens is 183 g/mol. The Kier molecular flexibility index (Phi) is 4.40. The molecule has 1 aromatic rings. The molecule has 78 valence electrons. The Bertz CT molecular complexity index is 287. The Labute approximate surface area is 83.6 Å². The van der Waals surface area contributed by atoms with Gasteiger partial charge in [0, 0.05) is 6.61 Å². The van der Waals surface area contributed by atoms with Crippen LogP contribution in [0.5, 0.6) is 5.75 Å². The van der Waals surface area contributed by atoms with E-state index in [-0.39, 0.29) is 5.82 Å². The molecule has 1 rings (SSSR count). The molecule has 0 aliphatic carbocycles. The van der Waals surface area contributed by atoms with Crippen LogP contribution in [-0.4, -0.2) is 19.8 Å². The van der Waals surface area contributed by atoms with Crippen molar-refractivity contribution >= 4 is 0 Å². The van der Waals surface area contributed by atoms with E-state index in [1.54, 1.807) is 6.07 Å². The largest absolute Gasteiger partial charge is 0.491 e. The van der Waals surface area contributed by atoms with Crippen molar-refractivity contribution in [2.45, 2.75) is 13.8 Å². The summed E-state index contributed by atoms with van der Waals surface area (Å²) in [5.41, 5.74) is 0.807. The predicted octanol–water partition coefficient (Wildman–Crippen LogP) is 2.55. The van der Waals surface area contributed by atoms with E-state index in [1.165, 1.54) is 12.1 Å². The second-order valence-corrected chi connectivity index (χ2v) is 2.96. The molecule has 0 N–H and O–H groups in total. The fourth-order valence-corrected chi connectivity index (χ4v) is 1.13. The molecule has 0 fully saturated rings. The molecule has 3 heteroatoms. The number of aryl methyl sites for hydroxylation is 1. The summed E-state index contributed by atoms with van der Waals surface area (Å²) in [6.45, 7) is 5.50. The van der Waals surface area contributed by atoms with Crippen molar-refractivity contribution in [1.29, 1.82) is 0 Å². The van der Waals surface area contributed by atoms with Gasteiger partial charge in [-0.05, 0) is 37.6 Å². The molecule has 0 bridgehead atoms. The van der Waals surface area contributed by atoms with Crippen LogP contribution in [0.4, 0.5) is 4.39 Å². The highest BCUT2D eigenvalue weighted by Crippen LogP contribution is 2.17. The van der Waals surface area contributed by atoms with Gasteiger partial charge in [0.05, 0.1) is 6.61 Å². The molecule has 14 heavy (non-hydrogen) atoms. The highest BCUT2D eigenvalue weighted by atomic mass is 19.1. The third-order valence-corrected chi connectivity index (χ3v) is 1.83. The van der Waals surface area contributed by atoms with Crippen LogP contribution in [-0.2, 0) is 4.74 Å². The minimum atomic E-state index is -0.236. The van der Waals surface area contributed by atoms with Crippen molar-refractivity contribution in [3.63, 3.8) is 0 Å². The highest BCUT2D eigenvalue weighted by Gasteiger charge is 2.00. The second-order valence-electron chi connectivity index (χ2n) is 2.96. The Morgan fingerprint density at radius 1 is 1.29 bits per heavy atom. The van der Waals surface area contributed by atoms with Crippen molar-refractivity contribution in [1.82, 2.24) is 0 Å². The van der Waals surface area contributed by atoms with Gasteiger partial charge < -0.3 is 9.47 Å². The van der Waals surface area contributed by atoms with Gasteiger partial charge in [-0.15, -0.1) is 0 Å².